The van der Waals surface area contributed by atoms with Gasteiger partial charge in [0.1, 0.15) is 18.0 Å². The van der Waals surface area contributed by atoms with Crippen LogP contribution in [0.2, 0.25) is 0 Å². The molecular formula is C26H31N3O4. The number of hydrogen-bond donors (Lipinski definition) is 2. The molecule has 0 unspecified atom stereocenters. The van der Waals surface area contributed by atoms with Crippen LogP contribution < -0.4 is 10.1 Å². The van der Waals surface area contributed by atoms with Crippen LogP contribution in [0.3, 0.4) is 0 Å². The van der Waals surface area contributed by atoms with E-state index in [-0.39, 0.29) is 5.91 Å². The van der Waals surface area contributed by atoms with Crippen molar-refractivity contribution in [3.63, 3.8) is 0 Å². The number of nitrogens with one attached hydrogen (secondary N) is 2. The van der Waals surface area contributed by atoms with E-state index in [0.717, 1.165) is 29.7 Å². The number of fused-ring (bicyclic) bond motifs is 3. The Hall–Kier alpha value is -3.48. The molecule has 2 amide bonds. The highest BCUT2D eigenvalue weighted by Gasteiger charge is 2.23. The standard InChI is InChI=1S/C26H31N3O4/c1-26(2,3)33-25(31)27-13-15-32-19-10-8-18(9-11-19)16-24(30)29-14-12-21-20-6-4-5-7-22(20)28-23(21)17-29/h4-11,28H,12-17H2,1-3H3,(H,27,31). The van der Waals surface area contributed by atoms with Crippen LogP contribution in [0.4, 0.5) is 4.79 Å². The Morgan fingerprint density at radius 1 is 1.09 bits per heavy atom. The summed E-state index contributed by atoms with van der Waals surface area (Å²) in [6.45, 7) is 7.49. The normalized spacial score (nSPS) is 13.5. The van der Waals surface area contributed by atoms with E-state index in [4.69, 9.17) is 9.47 Å². The minimum absolute atomic E-state index is 0.120. The first kappa shape index (κ1) is 22.7. The van der Waals surface area contributed by atoms with Crippen molar-refractivity contribution < 1.29 is 19.1 Å². The molecule has 1 aliphatic rings. The van der Waals surface area contributed by atoms with Crippen LogP contribution in [0.1, 0.15) is 37.6 Å². The summed E-state index contributed by atoms with van der Waals surface area (Å²) >= 11 is 0. The van der Waals surface area contributed by atoms with E-state index in [0.29, 0.717) is 31.9 Å². The van der Waals surface area contributed by atoms with Crippen molar-refractivity contribution in [1.82, 2.24) is 15.2 Å². The number of aromatic amines is 1. The zero-order valence-corrected chi connectivity index (χ0v) is 19.4. The Balaban J connectivity index is 1.24. The molecule has 2 aromatic carbocycles. The summed E-state index contributed by atoms with van der Waals surface area (Å²) in [6.07, 6.45) is 0.767. The number of para-hydroxylation sites is 1. The Bertz CT molecular complexity index is 1130. The smallest absolute Gasteiger partial charge is 0.407 e. The molecule has 7 nitrogen and oxygen atoms in total. The Morgan fingerprint density at radius 2 is 1.85 bits per heavy atom. The van der Waals surface area contributed by atoms with E-state index in [2.05, 4.69) is 28.5 Å². The predicted octanol–water partition coefficient (Wildman–Crippen LogP) is 4.20. The lowest BCUT2D eigenvalue weighted by Gasteiger charge is -2.27. The van der Waals surface area contributed by atoms with Gasteiger partial charge >= 0.3 is 6.09 Å². The fraction of sp³-hybridized carbons (Fsp3) is 0.385. The number of H-pyrrole nitrogens is 1. The third-order valence-electron chi connectivity index (χ3n) is 5.55. The molecule has 2 heterocycles. The second kappa shape index (κ2) is 9.57. The lowest BCUT2D eigenvalue weighted by Crippen LogP contribution is -2.36. The summed E-state index contributed by atoms with van der Waals surface area (Å²) < 4.78 is 10.8. The van der Waals surface area contributed by atoms with Crippen LogP contribution >= 0.6 is 0 Å². The van der Waals surface area contributed by atoms with Crippen molar-refractivity contribution in [2.45, 2.75) is 45.8 Å². The largest absolute Gasteiger partial charge is 0.492 e. The first-order chi connectivity index (χ1) is 15.8. The van der Waals surface area contributed by atoms with Gasteiger partial charge in [-0.1, -0.05) is 30.3 Å². The summed E-state index contributed by atoms with van der Waals surface area (Å²) in [6, 6.07) is 15.8. The fourth-order valence-electron chi connectivity index (χ4n) is 4.03. The number of nitrogens with zero attached hydrogens (tertiary/aromatic N) is 1. The zero-order valence-electron chi connectivity index (χ0n) is 19.4. The molecule has 174 valence electrons. The van der Waals surface area contributed by atoms with Gasteiger partial charge in [0.2, 0.25) is 5.91 Å². The minimum Gasteiger partial charge on any atom is -0.492 e. The quantitative estimate of drug-likeness (QED) is 0.553. The number of carbonyl (C=O) groups is 2. The lowest BCUT2D eigenvalue weighted by molar-refractivity contribution is -0.131. The van der Waals surface area contributed by atoms with Gasteiger partial charge in [0.05, 0.1) is 19.5 Å². The molecule has 0 spiro atoms. The Kier molecular flexibility index (Phi) is 6.58. The summed E-state index contributed by atoms with van der Waals surface area (Å²) in [4.78, 5) is 29.9. The number of hydrogen-bond acceptors (Lipinski definition) is 4. The molecule has 0 fully saturated rings. The first-order valence-corrected chi connectivity index (χ1v) is 11.3. The molecule has 0 radical (unpaired) electrons. The first-order valence-electron chi connectivity index (χ1n) is 11.3. The molecule has 3 aromatic rings. The maximum Gasteiger partial charge on any atom is 0.407 e. The Labute approximate surface area is 194 Å². The zero-order chi connectivity index (χ0) is 23.4. The van der Waals surface area contributed by atoms with Gasteiger partial charge in [-0.2, -0.15) is 0 Å². The van der Waals surface area contributed by atoms with E-state index in [1.165, 1.54) is 10.9 Å². The maximum atomic E-state index is 12.9. The van der Waals surface area contributed by atoms with Gasteiger partial charge in [-0.25, -0.2) is 4.79 Å². The van der Waals surface area contributed by atoms with Crippen molar-refractivity contribution >= 4 is 22.9 Å². The molecule has 0 bridgehead atoms. The molecule has 0 saturated carbocycles. The van der Waals surface area contributed by atoms with Crippen LogP contribution in [-0.4, -0.2) is 47.2 Å². The summed E-state index contributed by atoms with van der Waals surface area (Å²) in [7, 11) is 0. The van der Waals surface area contributed by atoms with Crippen molar-refractivity contribution in [1.29, 1.82) is 0 Å². The second-order valence-corrected chi connectivity index (χ2v) is 9.29. The average molecular weight is 450 g/mol. The molecule has 4 rings (SSSR count). The van der Waals surface area contributed by atoms with Crippen LogP contribution in [0.5, 0.6) is 5.75 Å². The summed E-state index contributed by atoms with van der Waals surface area (Å²) in [5, 5.41) is 3.92. The van der Waals surface area contributed by atoms with Gasteiger partial charge in [0.15, 0.2) is 0 Å². The molecule has 0 atom stereocenters. The van der Waals surface area contributed by atoms with Gasteiger partial charge in [-0.05, 0) is 56.5 Å². The Morgan fingerprint density at radius 3 is 2.61 bits per heavy atom. The molecule has 7 heteroatoms. The molecule has 2 N–H and O–H groups in total. The molecule has 0 saturated heterocycles. The summed E-state index contributed by atoms with van der Waals surface area (Å²) in [5.74, 6) is 0.812. The highest BCUT2D eigenvalue weighted by molar-refractivity contribution is 5.86. The van der Waals surface area contributed by atoms with Crippen LogP contribution in [0.15, 0.2) is 48.5 Å². The monoisotopic (exact) mass is 449 g/mol. The number of benzene rings is 2. The van der Waals surface area contributed by atoms with Crippen LogP contribution in [0, 0.1) is 0 Å². The fourth-order valence-corrected chi connectivity index (χ4v) is 4.03. The van der Waals surface area contributed by atoms with Gasteiger partial charge in [0, 0.05) is 23.1 Å². The van der Waals surface area contributed by atoms with Gasteiger partial charge in [-0.15, -0.1) is 0 Å². The number of alkyl carbamates (subject to hydrolysis) is 1. The number of aromatic nitrogens is 1. The summed E-state index contributed by atoms with van der Waals surface area (Å²) in [5.41, 5.74) is 4.02. The lowest BCUT2D eigenvalue weighted by atomic mass is 10.0. The number of amides is 2. The number of ether oxygens (including phenoxy) is 2. The third kappa shape index (κ3) is 5.86. The number of carbonyl (C=O) groups excluding carboxylic acids is 2. The van der Waals surface area contributed by atoms with Crippen molar-refractivity contribution in [3.8, 4) is 5.75 Å². The molecule has 33 heavy (non-hydrogen) atoms. The maximum absolute atomic E-state index is 12.9. The van der Waals surface area contributed by atoms with E-state index >= 15 is 0 Å². The molecule has 1 aromatic heterocycles. The molecule has 0 aliphatic carbocycles. The third-order valence-corrected chi connectivity index (χ3v) is 5.55. The van der Waals surface area contributed by atoms with E-state index in [1.807, 2.05) is 56.0 Å². The van der Waals surface area contributed by atoms with E-state index < -0.39 is 11.7 Å². The van der Waals surface area contributed by atoms with Gasteiger partial charge in [0.25, 0.3) is 0 Å². The van der Waals surface area contributed by atoms with Crippen LogP contribution in [0.25, 0.3) is 10.9 Å². The predicted molar refractivity (Wildman–Crippen MR) is 127 cm³/mol. The molecule has 1 aliphatic heterocycles. The highest BCUT2D eigenvalue weighted by Crippen LogP contribution is 2.27. The SMILES string of the molecule is CC(C)(C)OC(=O)NCCOc1ccc(CC(=O)N2CCc3c([nH]c4ccccc34)C2)cc1. The van der Waals surface area contributed by atoms with Crippen molar-refractivity contribution in [2.24, 2.45) is 0 Å². The van der Waals surface area contributed by atoms with Gasteiger partial charge in [-0.3, -0.25) is 4.79 Å². The topological polar surface area (TPSA) is 83.7 Å². The van der Waals surface area contributed by atoms with Crippen molar-refractivity contribution in [3.05, 3.63) is 65.4 Å². The van der Waals surface area contributed by atoms with E-state index in [1.54, 1.807) is 0 Å². The average Bonchev–Trinajstić information content (AvgIpc) is 3.14. The molecular weight excluding hydrogens is 418 g/mol. The van der Waals surface area contributed by atoms with E-state index in [9.17, 15) is 9.59 Å². The number of rotatable bonds is 6. The van der Waals surface area contributed by atoms with Gasteiger partial charge < -0.3 is 24.7 Å². The highest BCUT2D eigenvalue weighted by atomic mass is 16.6. The second-order valence-electron chi connectivity index (χ2n) is 9.29. The van der Waals surface area contributed by atoms with Crippen molar-refractivity contribution in [2.75, 3.05) is 19.7 Å². The minimum atomic E-state index is -0.524. The van der Waals surface area contributed by atoms with Crippen LogP contribution in [-0.2, 0) is 28.9 Å².